The first-order valence-electron chi connectivity index (χ1n) is 6.48. The van der Waals surface area contributed by atoms with Crippen LogP contribution in [0.3, 0.4) is 0 Å². The number of hydrogen-bond donors (Lipinski definition) is 0. The lowest BCUT2D eigenvalue weighted by Gasteiger charge is -2.37. The van der Waals surface area contributed by atoms with Gasteiger partial charge in [-0.15, -0.1) is 23.5 Å². The van der Waals surface area contributed by atoms with Crippen molar-refractivity contribution in [1.29, 1.82) is 0 Å². The zero-order chi connectivity index (χ0) is 12.1. The van der Waals surface area contributed by atoms with Gasteiger partial charge in [0, 0.05) is 18.9 Å². The third-order valence-electron chi connectivity index (χ3n) is 3.33. The maximum atomic E-state index is 4.09. The summed E-state index contributed by atoms with van der Waals surface area (Å²) in [5.41, 5.74) is 0. The van der Waals surface area contributed by atoms with E-state index in [-0.39, 0.29) is 0 Å². The fourth-order valence-electron chi connectivity index (χ4n) is 2.15. The Morgan fingerprint density at radius 3 is 2.76 bits per heavy atom. The Morgan fingerprint density at radius 1 is 1.41 bits per heavy atom. The van der Waals surface area contributed by atoms with E-state index in [4.69, 9.17) is 0 Å². The summed E-state index contributed by atoms with van der Waals surface area (Å²) in [6.45, 7) is 5.82. The number of rotatable bonds is 5. The lowest BCUT2D eigenvalue weighted by molar-refractivity contribution is 0.565. The molecule has 0 amide bonds. The third kappa shape index (κ3) is 3.68. The third-order valence-corrected chi connectivity index (χ3v) is 7.55. The summed E-state index contributed by atoms with van der Waals surface area (Å²) in [5, 5.41) is 0. The Hall–Kier alpha value is -0.0900. The Bertz CT molecular complexity index is 316. The summed E-state index contributed by atoms with van der Waals surface area (Å²) in [4.78, 5) is 4.09. The maximum Gasteiger partial charge on any atom is 0.0945 e. The second-order valence-electron chi connectivity index (χ2n) is 4.90. The molecule has 1 aliphatic heterocycles. The summed E-state index contributed by atoms with van der Waals surface area (Å²) in [5.74, 6) is 3.57. The highest BCUT2D eigenvalue weighted by molar-refractivity contribution is 8.18. The van der Waals surface area contributed by atoms with E-state index in [0.717, 1.165) is 12.5 Å². The van der Waals surface area contributed by atoms with E-state index in [1.165, 1.54) is 30.8 Å². The Labute approximate surface area is 113 Å². The van der Waals surface area contributed by atoms with Crippen molar-refractivity contribution in [1.82, 2.24) is 9.55 Å². The molecule has 0 spiro atoms. The van der Waals surface area contributed by atoms with Crippen molar-refractivity contribution in [2.45, 2.75) is 43.7 Å². The predicted molar refractivity (Wildman–Crippen MR) is 78.6 cm³/mol. The zero-order valence-corrected chi connectivity index (χ0v) is 12.4. The normalized spacial score (nSPS) is 29.4. The van der Waals surface area contributed by atoms with Crippen molar-refractivity contribution < 1.29 is 0 Å². The van der Waals surface area contributed by atoms with E-state index in [1.54, 1.807) is 0 Å². The van der Waals surface area contributed by atoms with Gasteiger partial charge in [-0.1, -0.05) is 13.8 Å². The van der Waals surface area contributed by atoms with Gasteiger partial charge in [-0.2, -0.15) is 0 Å². The zero-order valence-electron chi connectivity index (χ0n) is 10.8. The minimum atomic E-state index is 0.493. The van der Waals surface area contributed by atoms with Crippen LogP contribution in [0, 0.1) is 5.92 Å². The van der Waals surface area contributed by atoms with Crippen molar-refractivity contribution in [2.24, 2.45) is 5.92 Å². The highest BCUT2D eigenvalue weighted by atomic mass is 32.2. The van der Waals surface area contributed by atoms with E-state index in [1.807, 2.05) is 12.5 Å². The molecular weight excluding hydrogens is 248 g/mol. The molecule has 1 fully saturated rings. The number of imidazole rings is 1. The molecular formula is C13H22N2S2. The average molecular weight is 270 g/mol. The minimum Gasteiger partial charge on any atom is -0.337 e. The van der Waals surface area contributed by atoms with Gasteiger partial charge in [0.05, 0.1) is 10.4 Å². The number of hydrogen-bond acceptors (Lipinski definition) is 3. The van der Waals surface area contributed by atoms with Gasteiger partial charge in [0.15, 0.2) is 0 Å². The van der Waals surface area contributed by atoms with Crippen molar-refractivity contribution in [3.05, 3.63) is 18.7 Å². The van der Waals surface area contributed by atoms with Gasteiger partial charge in [-0.05, 0) is 36.7 Å². The van der Waals surface area contributed by atoms with Crippen LogP contribution in [0.5, 0.6) is 0 Å². The molecule has 1 saturated heterocycles. The van der Waals surface area contributed by atoms with Crippen molar-refractivity contribution in [2.75, 3.05) is 11.5 Å². The van der Waals surface area contributed by atoms with Gasteiger partial charge >= 0.3 is 0 Å². The molecule has 0 radical (unpaired) electrons. The predicted octanol–water partition coefficient (Wildman–Crippen LogP) is 3.89. The first-order valence-corrected chi connectivity index (χ1v) is 8.45. The summed E-state index contributed by atoms with van der Waals surface area (Å²) in [6, 6.07) is 0. The molecule has 2 nitrogen and oxygen atoms in total. The topological polar surface area (TPSA) is 17.8 Å². The van der Waals surface area contributed by atoms with Crippen molar-refractivity contribution >= 4 is 23.5 Å². The molecule has 0 atom stereocenters. The number of aryl methyl sites for hydroxylation is 1. The van der Waals surface area contributed by atoms with Gasteiger partial charge in [-0.25, -0.2) is 4.98 Å². The summed E-state index contributed by atoms with van der Waals surface area (Å²) in [7, 11) is 0. The van der Waals surface area contributed by atoms with Crippen LogP contribution in [-0.4, -0.2) is 25.1 Å². The molecule has 0 saturated carbocycles. The van der Waals surface area contributed by atoms with E-state index in [9.17, 15) is 0 Å². The molecule has 0 N–H and O–H groups in total. The van der Waals surface area contributed by atoms with Crippen LogP contribution in [0.1, 0.15) is 33.1 Å². The van der Waals surface area contributed by atoms with Crippen molar-refractivity contribution in [3.63, 3.8) is 0 Å². The Balaban J connectivity index is 1.79. The fraction of sp³-hybridized carbons (Fsp3) is 0.769. The molecule has 17 heavy (non-hydrogen) atoms. The quantitative estimate of drug-likeness (QED) is 0.808. The lowest BCUT2D eigenvalue weighted by atomic mass is 10.2. The molecule has 0 aromatic carbocycles. The van der Waals surface area contributed by atoms with Crippen LogP contribution in [0.25, 0.3) is 0 Å². The largest absolute Gasteiger partial charge is 0.337 e. The van der Waals surface area contributed by atoms with E-state index in [0.29, 0.717) is 4.08 Å². The number of aromatic nitrogens is 2. The summed E-state index contributed by atoms with van der Waals surface area (Å²) < 4.78 is 2.68. The molecule has 4 heteroatoms. The first kappa shape index (κ1) is 13.3. The molecule has 1 aromatic heterocycles. The van der Waals surface area contributed by atoms with E-state index >= 15 is 0 Å². The van der Waals surface area contributed by atoms with Crippen LogP contribution in [0.15, 0.2) is 18.7 Å². The average Bonchev–Trinajstić information content (AvgIpc) is 2.85. The van der Waals surface area contributed by atoms with E-state index in [2.05, 4.69) is 53.1 Å². The first-order chi connectivity index (χ1) is 8.24. The van der Waals surface area contributed by atoms with Crippen LogP contribution in [0.2, 0.25) is 0 Å². The smallest absolute Gasteiger partial charge is 0.0945 e. The van der Waals surface area contributed by atoms with Gasteiger partial charge in [0.1, 0.15) is 0 Å². The number of nitrogens with zero attached hydrogens (tertiary/aromatic N) is 2. The fourth-order valence-corrected chi connectivity index (χ4v) is 5.44. The SMILES string of the molecule is CCC1(CCCn2ccnc2)SCC(C)CS1. The lowest BCUT2D eigenvalue weighted by Crippen LogP contribution is -2.28. The highest BCUT2D eigenvalue weighted by Gasteiger charge is 2.33. The van der Waals surface area contributed by atoms with Gasteiger partial charge in [0.2, 0.25) is 0 Å². The molecule has 0 unspecified atom stereocenters. The highest BCUT2D eigenvalue weighted by Crippen LogP contribution is 2.49. The summed E-state index contributed by atoms with van der Waals surface area (Å²) in [6.07, 6.45) is 9.71. The second-order valence-corrected chi connectivity index (χ2v) is 7.96. The van der Waals surface area contributed by atoms with Gasteiger partial charge < -0.3 is 4.57 Å². The number of thioether (sulfide) groups is 2. The molecule has 1 aliphatic rings. The molecule has 2 heterocycles. The van der Waals surface area contributed by atoms with Gasteiger partial charge in [-0.3, -0.25) is 0 Å². The van der Waals surface area contributed by atoms with Crippen LogP contribution in [0.4, 0.5) is 0 Å². The monoisotopic (exact) mass is 270 g/mol. The Morgan fingerprint density at radius 2 is 2.18 bits per heavy atom. The molecule has 1 aromatic rings. The standard InChI is InChI=1S/C13H22N2S2/c1-3-13(16-9-12(2)10-17-13)5-4-7-15-8-6-14-11-15/h6,8,11-12H,3-5,7,9-10H2,1-2H3. The van der Waals surface area contributed by atoms with Crippen LogP contribution in [-0.2, 0) is 6.54 Å². The maximum absolute atomic E-state index is 4.09. The second kappa shape index (κ2) is 6.19. The molecule has 0 aliphatic carbocycles. The van der Waals surface area contributed by atoms with Crippen LogP contribution < -0.4 is 0 Å². The molecule has 0 bridgehead atoms. The Kier molecular flexibility index (Phi) is 4.86. The van der Waals surface area contributed by atoms with E-state index < -0.39 is 0 Å². The van der Waals surface area contributed by atoms with Crippen molar-refractivity contribution in [3.8, 4) is 0 Å². The minimum absolute atomic E-state index is 0.493. The summed E-state index contributed by atoms with van der Waals surface area (Å²) >= 11 is 4.39. The van der Waals surface area contributed by atoms with Crippen LogP contribution >= 0.6 is 23.5 Å². The molecule has 96 valence electrons. The molecule has 2 rings (SSSR count). The van der Waals surface area contributed by atoms with Gasteiger partial charge in [0.25, 0.3) is 0 Å².